The molecule has 1 saturated carbocycles. The van der Waals surface area contributed by atoms with E-state index in [0.717, 1.165) is 35.4 Å². The van der Waals surface area contributed by atoms with E-state index in [1.807, 2.05) is 0 Å². The highest BCUT2D eigenvalue weighted by molar-refractivity contribution is 6.32. The number of carbonyl (C=O) groups is 1. The fourth-order valence-corrected chi connectivity index (χ4v) is 4.67. The van der Waals surface area contributed by atoms with Crippen molar-refractivity contribution >= 4 is 17.6 Å². The van der Waals surface area contributed by atoms with Crippen molar-refractivity contribution in [2.75, 3.05) is 0 Å². The number of pyridine rings is 1. The average Bonchev–Trinajstić information content (AvgIpc) is 3.37. The van der Waals surface area contributed by atoms with E-state index in [-0.39, 0.29) is 52.3 Å². The maximum Gasteiger partial charge on any atom is 0.416 e. The first kappa shape index (κ1) is 22.5. The van der Waals surface area contributed by atoms with Crippen molar-refractivity contribution in [1.29, 1.82) is 0 Å². The lowest BCUT2D eigenvalue weighted by Gasteiger charge is -2.13. The highest BCUT2D eigenvalue weighted by Gasteiger charge is 2.59. The second kappa shape index (κ2) is 8.16. The fourth-order valence-electron chi connectivity index (χ4n) is 4.45. The fraction of sp³-hybridized carbons (Fsp3) is 0.250. The molecule has 0 spiro atoms. The first-order chi connectivity index (χ1) is 16.1. The summed E-state index contributed by atoms with van der Waals surface area (Å²) < 4.78 is 63.9. The van der Waals surface area contributed by atoms with E-state index in [0.29, 0.717) is 6.42 Å². The minimum Gasteiger partial charge on any atom is -0.481 e. The van der Waals surface area contributed by atoms with E-state index in [1.165, 1.54) is 12.1 Å². The van der Waals surface area contributed by atoms with Gasteiger partial charge in [0.1, 0.15) is 23.9 Å². The van der Waals surface area contributed by atoms with Crippen LogP contribution in [0.25, 0.3) is 0 Å². The summed E-state index contributed by atoms with van der Waals surface area (Å²) in [6.07, 6.45) is -2.28. The molecule has 5 rings (SSSR count). The van der Waals surface area contributed by atoms with Crippen LogP contribution in [0.4, 0.5) is 17.6 Å². The zero-order chi connectivity index (χ0) is 24.2. The molecule has 3 aromatic rings. The monoisotopic (exact) mass is 493 g/mol. The molecular weight excluding hydrogens is 478 g/mol. The SMILES string of the molecule is O=C(O)C1C2Cc3cc(OCc4cc(Oc5ccc(C(F)(F)F)cc5Cl)ccc4F)ncc3C21. The van der Waals surface area contributed by atoms with Crippen molar-refractivity contribution in [3.8, 4) is 17.4 Å². The number of benzene rings is 2. The molecular formula is C24H16ClF4NO4. The summed E-state index contributed by atoms with van der Waals surface area (Å²) in [6.45, 7) is -0.166. The van der Waals surface area contributed by atoms with Gasteiger partial charge in [0, 0.05) is 23.7 Å². The van der Waals surface area contributed by atoms with Crippen LogP contribution in [-0.4, -0.2) is 16.1 Å². The molecule has 1 fully saturated rings. The number of carboxylic acid groups (broad SMARTS) is 1. The highest BCUT2D eigenvalue weighted by Crippen LogP contribution is 2.61. The molecule has 2 aliphatic rings. The molecule has 2 aromatic carbocycles. The summed E-state index contributed by atoms with van der Waals surface area (Å²) in [5.41, 5.74) is 1.14. The van der Waals surface area contributed by atoms with Crippen LogP contribution in [0.5, 0.6) is 17.4 Å². The smallest absolute Gasteiger partial charge is 0.416 e. The number of rotatable bonds is 6. The Morgan fingerprint density at radius 3 is 2.68 bits per heavy atom. The zero-order valence-electron chi connectivity index (χ0n) is 17.3. The minimum atomic E-state index is -4.54. The van der Waals surface area contributed by atoms with E-state index < -0.39 is 23.5 Å². The average molecular weight is 494 g/mol. The van der Waals surface area contributed by atoms with Crippen LogP contribution in [0.3, 0.4) is 0 Å². The Morgan fingerprint density at radius 1 is 1.18 bits per heavy atom. The van der Waals surface area contributed by atoms with Gasteiger partial charge in [0.25, 0.3) is 0 Å². The van der Waals surface area contributed by atoms with Gasteiger partial charge in [0.05, 0.1) is 16.5 Å². The number of carboxylic acids is 1. The Balaban J connectivity index is 1.27. The van der Waals surface area contributed by atoms with E-state index >= 15 is 0 Å². The maximum absolute atomic E-state index is 14.3. The molecule has 1 heterocycles. The lowest BCUT2D eigenvalue weighted by Crippen LogP contribution is -2.06. The number of nitrogens with zero attached hydrogens (tertiary/aromatic N) is 1. The number of ether oxygens (including phenoxy) is 2. The summed E-state index contributed by atoms with van der Waals surface area (Å²) in [4.78, 5) is 15.4. The molecule has 0 radical (unpaired) electrons. The van der Waals surface area contributed by atoms with E-state index in [1.54, 1.807) is 12.3 Å². The number of hydrogen-bond donors (Lipinski definition) is 1. The molecule has 1 aromatic heterocycles. The van der Waals surface area contributed by atoms with Crippen molar-refractivity contribution < 1.29 is 36.9 Å². The van der Waals surface area contributed by atoms with Gasteiger partial charge < -0.3 is 14.6 Å². The maximum atomic E-state index is 14.3. The Kier molecular flexibility index (Phi) is 5.39. The van der Waals surface area contributed by atoms with Crippen molar-refractivity contribution in [2.24, 2.45) is 11.8 Å². The van der Waals surface area contributed by atoms with Gasteiger partial charge in [-0.2, -0.15) is 13.2 Å². The summed E-state index contributed by atoms with van der Waals surface area (Å²) >= 11 is 5.92. The van der Waals surface area contributed by atoms with Crippen LogP contribution in [0, 0.1) is 17.7 Å². The number of fused-ring (bicyclic) bond motifs is 3. The summed E-state index contributed by atoms with van der Waals surface area (Å²) in [5.74, 6) is -1.17. The third-order valence-corrected chi connectivity index (χ3v) is 6.44. The first-order valence-electron chi connectivity index (χ1n) is 10.3. The predicted octanol–water partition coefficient (Wildman–Crippen LogP) is 6.23. The Morgan fingerprint density at radius 2 is 1.97 bits per heavy atom. The molecule has 1 N–H and O–H groups in total. The van der Waals surface area contributed by atoms with Gasteiger partial charge in [-0.3, -0.25) is 4.79 Å². The second-order valence-electron chi connectivity index (χ2n) is 8.27. The molecule has 3 unspecified atom stereocenters. The van der Waals surface area contributed by atoms with Crippen LogP contribution in [0.1, 0.15) is 28.2 Å². The Bertz CT molecular complexity index is 1300. The lowest BCUT2D eigenvalue weighted by molar-refractivity contribution is -0.139. The molecule has 176 valence electrons. The van der Waals surface area contributed by atoms with E-state index in [2.05, 4.69) is 4.98 Å². The van der Waals surface area contributed by atoms with Crippen LogP contribution in [0.2, 0.25) is 5.02 Å². The third kappa shape index (κ3) is 4.16. The molecule has 3 atom stereocenters. The minimum absolute atomic E-state index is 0.00246. The molecule has 5 nitrogen and oxygen atoms in total. The van der Waals surface area contributed by atoms with E-state index in [9.17, 15) is 27.5 Å². The van der Waals surface area contributed by atoms with Crippen molar-refractivity contribution in [1.82, 2.24) is 4.98 Å². The van der Waals surface area contributed by atoms with Crippen molar-refractivity contribution in [3.63, 3.8) is 0 Å². The zero-order valence-corrected chi connectivity index (χ0v) is 18.0. The van der Waals surface area contributed by atoms with Crippen LogP contribution in [0.15, 0.2) is 48.7 Å². The van der Waals surface area contributed by atoms with Crippen molar-refractivity contribution in [2.45, 2.75) is 25.1 Å². The quantitative estimate of drug-likeness (QED) is 0.412. The number of hydrogen-bond acceptors (Lipinski definition) is 4. The largest absolute Gasteiger partial charge is 0.481 e. The summed E-state index contributed by atoms with van der Waals surface area (Å²) in [7, 11) is 0. The van der Waals surface area contributed by atoms with Gasteiger partial charge >= 0.3 is 12.1 Å². The van der Waals surface area contributed by atoms with Crippen LogP contribution >= 0.6 is 11.6 Å². The number of halogens is 5. The number of aliphatic carboxylic acids is 1. The highest BCUT2D eigenvalue weighted by atomic mass is 35.5. The predicted molar refractivity (Wildman–Crippen MR) is 113 cm³/mol. The molecule has 34 heavy (non-hydrogen) atoms. The Hall–Kier alpha value is -3.33. The van der Waals surface area contributed by atoms with Gasteiger partial charge in [-0.1, -0.05) is 11.6 Å². The van der Waals surface area contributed by atoms with Crippen LogP contribution in [-0.2, 0) is 24.0 Å². The third-order valence-electron chi connectivity index (χ3n) is 6.15. The molecule has 0 bridgehead atoms. The molecule has 0 aliphatic heterocycles. The standard InChI is InChI=1S/C24H16ClF4NO4/c25-17-8-13(24(27,28)29)1-4-19(17)34-14-2-3-18(26)12(5-14)10-33-20-7-11-6-15-21(16(11)9-30-20)22(15)23(31)32/h1-5,7-9,15,21-22H,6,10H2,(H,31,32). The van der Waals surface area contributed by atoms with E-state index in [4.69, 9.17) is 21.1 Å². The normalized spacial score (nSPS) is 20.4. The van der Waals surface area contributed by atoms with Gasteiger partial charge in [0.15, 0.2) is 0 Å². The van der Waals surface area contributed by atoms with Crippen LogP contribution < -0.4 is 9.47 Å². The van der Waals surface area contributed by atoms with Gasteiger partial charge in [-0.25, -0.2) is 9.37 Å². The van der Waals surface area contributed by atoms with Gasteiger partial charge in [-0.15, -0.1) is 0 Å². The van der Waals surface area contributed by atoms with Gasteiger partial charge in [0.2, 0.25) is 5.88 Å². The second-order valence-corrected chi connectivity index (χ2v) is 8.67. The summed E-state index contributed by atoms with van der Waals surface area (Å²) in [6, 6.07) is 8.28. The number of aromatic nitrogens is 1. The first-order valence-corrected chi connectivity index (χ1v) is 10.7. The lowest BCUT2D eigenvalue weighted by atomic mass is 10.0. The molecule has 0 saturated heterocycles. The summed E-state index contributed by atoms with van der Waals surface area (Å²) in [5, 5.41) is 8.97. The Labute approximate surface area is 195 Å². The number of alkyl halides is 3. The molecule has 0 amide bonds. The van der Waals surface area contributed by atoms with Gasteiger partial charge in [-0.05, 0) is 59.9 Å². The topological polar surface area (TPSA) is 68.7 Å². The molecule has 2 aliphatic carbocycles. The molecule has 10 heteroatoms. The van der Waals surface area contributed by atoms with Crippen molar-refractivity contribution in [3.05, 3.63) is 81.8 Å².